The molecule has 2 atom stereocenters. The van der Waals surface area contributed by atoms with Gasteiger partial charge in [0.15, 0.2) is 0 Å². The molecule has 0 saturated carbocycles. The van der Waals surface area contributed by atoms with Crippen molar-refractivity contribution in [2.45, 2.75) is 32.8 Å². The van der Waals surface area contributed by atoms with Gasteiger partial charge in [-0.15, -0.1) is 0 Å². The number of carbonyl (C=O) groups excluding carboxylic acids is 1. The van der Waals surface area contributed by atoms with Gasteiger partial charge in [-0.3, -0.25) is 4.79 Å². The molecule has 1 aliphatic heterocycles. The predicted octanol–water partition coefficient (Wildman–Crippen LogP) is 1.35. The number of rotatable bonds is 0. The van der Waals surface area contributed by atoms with E-state index in [0.717, 1.165) is 6.42 Å². The third kappa shape index (κ3) is 1.70. The zero-order valence-corrected chi connectivity index (χ0v) is 5.89. The van der Waals surface area contributed by atoms with E-state index in [-0.39, 0.29) is 12.1 Å². The summed E-state index contributed by atoms with van der Waals surface area (Å²) in [5, 5.41) is 0. The summed E-state index contributed by atoms with van der Waals surface area (Å²) < 4.78 is 4.92. The normalized spacial score (nSPS) is 36.0. The van der Waals surface area contributed by atoms with Crippen molar-refractivity contribution >= 4 is 5.97 Å². The molecule has 1 aliphatic rings. The van der Waals surface area contributed by atoms with Crippen LogP contribution in [0.4, 0.5) is 0 Å². The minimum absolute atomic E-state index is 0.0405. The van der Waals surface area contributed by atoms with Crippen LogP contribution in [0.25, 0.3) is 0 Å². The van der Waals surface area contributed by atoms with Crippen LogP contribution in [-0.4, -0.2) is 12.1 Å². The smallest absolute Gasteiger partial charge is 0.306 e. The third-order valence-electron chi connectivity index (χ3n) is 1.58. The van der Waals surface area contributed by atoms with Gasteiger partial charge < -0.3 is 4.74 Å². The molecule has 0 aliphatic carbocycles. The SMILES string of the molecule is C[C@@H]1CC(=O)O[C@@H](C)C1. The molecule has 0 spiro atoms. The van der Waals surface area contributed by atoms with Crippen molar-refractivity contribution in [3.8, 4) is 0 Å². The molecule has 52 valence electrons. The summed E-state index contributed by atoms with van der Waals surface area (Å²) >= 11 is 0. The first-order valence-electron chi connectivity index (χ1n) is 3.38. The summed E-state index contributed by atoms with van der Waals surface area (Å²) in [6, 6.07) is 0. The zero-order valence-electron chi connectivity index (χ0n) is 5.89. The van der Waals surface area contributed by atoms with E-state index >= 15 is 0 Å². The summed E-state index contributed by atoms with van der Waals surface area (Å²) in [4.78, 5) is 10.7. The Morgan fingerprint density at radius 1 is 1.56 bits per heavy atom. The molecule has 1 rings (SSSR count). The van der Waals surface area contributed by atoms with Crippen molar-refractivity contribution < 1.29 is 9.53 Å². The maximum absolute atomic E-state index is 10.7. The number of hydrogen-bond donors (Lipinski definition) is 0. The summed E-state index contributed by atoms with van der Waals surface area (Å²) in [5.74, 6) is 0.475. The summed E-state index contributed by atoms with van der Waals surface area (Å²) in [7, 11) is 0. The van der Waals surface area contributed by atoms with Gasteiger partial charge in [-0.1, -0.05) is 6.92 Å². The van der Waals surface area contributed by atoms with Crippen LogP contribution in [-0.2, 0) is 9.53 Å². The minimum atomic E-state index is -0.0405. The molecule has 0 N–H and O–H groups in total. The fourth-order valence-electron chi connectivity index (χ4n) is 1.26. The van der Waals surface area contributed by atoms with Crippen molar-refractivity contribution in [3.05, 3.63) is 0 Å². The molecule has 0 unspecified atom stereocenters. The molecular formula is C7H12O2. The van der Waals surface area contributed by atoms with Crippen LogP contribution >= 0.6 is 0 Å². The quantitative estimate of drug-likeness (QED) is 0.460. The molecule has 0 aromatic heterocycles. The van der Waals surface area contributed by atoms with Gasteiger partial charge in [-0.25, -0.2) is 0 Å². The van der Waals surface area contributed by atoms with E-state index in [4.69, 9.17) is 4.74 Å². The van der Waals surface area contributed by atoms with E-state index < -0.39 is 0 Å². The number of cyclic esters (lactones) is 1. The summed E-state index contributed by atoms with van der Waals surface area (Å²) in [6.45, 7) is 4.02. The Bertz CT molecular complexity index is 108. The Labute approximate surface area is 55.2 Å². The lowest BCUT2D eigenvalue weighted by molar-refractivity contribution is -0.155. The lowest BCUT2D eigenvalue weighted by Crippen LogP contribution is -2.25. The monoisotopic (exact) mass is 128 g/mol. The largest absolute Gasteiger partial charge is 0.463 e. The second kappa shape index (κ2) is 2.38. The maximum Gasteiger partial charge on any atom is 0.306 e. The third-order valence-corrected chi connectivity index (χ3v) is 1.58. The molecule has 9 heavy (non-hydrogen) atoms. The molecule has 2 nitrogen and oxygen atoms in total. The average Bonchev–Trinajstić information content (AvgIpc) is 1.59. The number of ether oxygens (including phenoxy) is 1. The second-order valence-corrected chi connectivity index (χ2v) is 2.85. The Hall–Kier alpha value is -0.530. The highest BCUT2D eigenvalue weighted by Gasteiger charge is 2.21. The summed E-state index contributed by atoms with van der Waals surface area (Å²) in [6.07, 6.45) is 1.76. The van der Waals surface area contributed by atoms with Crippen LogP contribution in [0.3, 0.4) is 0 Å². The lowest BCUT2D eigenvalue weighted by Gasteiger charge is -2.23. The highest BCUT2D eigenvalue weighted by molar-refractivity contribution is 5.70. The Morgan fingerprint density at radius 2 is 2.22 bits per heavy atom. The van der Waals surface area contributed by atoms with Crippen molar-refractivity contribution in [2.75, 3.05) is 0 Å². The molecule has 0 aromatic rings. The molecule has 2 heteroatoms. The van der Waals surface area contributed by atoms with Gasteiger partial charge in [0.25, 0.3) is 0 Å². The van der Waals surface area contributed by atoms with E-state index in [9.17, 15) is 4.79 Å². The van der Waals surface area contributed by atoms with E-state index in [1.54, 1.807) is 0 Å². The minimum Gasteiger partial charge on any atom is -0.463 e. The van der Waals surface area contributed by atoms with Crippen LogP contribution in [0.15, 0.2) is 0 Å². The van der Waals surface area contributed by atoms with Gasteiger partial charge in [0, 0.05) is 6.42 Å². The lowest BCUT2D eigenvalue weighted by atomic mass is 9.98. The van der Waals surface area contributed by atoms with Crippen molar-refractivity contribution in [3.63, 3.8) is 0 Å². The molecular weight excluding hydrogens is 116 g/mol. The van der Waals surface area contributed by atoms with Crippen LogP contribution in [0.1, 0.15) is 26.7 Å². The highest BCUT2D eigenvalue weighted by Crippen LogP contribution is 2.19. The Kier molecular flexibility index (Phi) is 1.74. The first-order chi connectivity index (χ1) is 4.18. The van der Waals surface area contributed by atoms with Gasteiger partial charge in [0.1, 0.15) is 0 Å². The number of hydrogen-bond acceptors (Lipinski definition) is 2. The summed E-state index contributed by atoms with van der Waals surface area (Å²) in [5.41, 5.74) is 0. The predicted molar refractivity (Wildman–Crippen MR) is 34.0 cm³/mol. The molecule has 0 radical (unpaired) electrons. The highest BCUT2D eigenvalue weighted by atomic mass is 16.5. The van der Waals surface area contributed by atoms with Gasteiger partial charge in [-0.05, 0) is 19.3 Å². The maximum atomic E-state index is 10.7. The van der Waals surface area contributed by atoms with E-state index in [2.05, 4.69) is 6.92 Å². The molecule has 0 aromatic carbocycles. The molecule has 0 amide bonds. The average molecular weight is 128 g/mol. The topological polar surface area (TPSA) is 26.3 Å². The van der Waals surface area contributed by atoms with Crippen LogP contribution in [0.5, 0.6) is 0 Å². The van der Waals surface area contributed by atoms with Crippen molar-refractivity contribution in [1.29, 1.82) is 0 Å². The molecule has 1 heterocycles. The van der Waals surface area contributed by atoms with Gasteiger partial charge in [0.2, 0.25) is 0 Å². The van der Waals surface area contributed by atoms with Crippen molar-refractivity contribution in [2.24, 2.45) is 5.92 Å². The molecule has 1 saturated heterocycles. The van der Waals surface area contributed by atoms with E-state index in [1.165, 1.54) is 0 Å². The Balaban J connectivity index is 2.43. The number of carbonyl (C=O) groups is 1. The fourth-order valence-corrected chi connectivity index (χ4v) is 1.26. The van der Waals surface area contributed by atoms with Crippen molar-refractivity contribution in [1.82, 2.24) is 0 Å². The zero-order chi connectivity index (χ0) is 6.85. The number of esters is 1. The standard InChI is InChI=1S/C7H12O2/c1-5-3-6(2)9-7(8)4-5/h5-6H,3-4H2,1-2H3/t5-,6-/m0/s1. The van der Waals surface area contributed by atoms with Gasteiger partial charge in [0.05, 0.1) is 6.10 Å². The van der Waals surface area contributed by atoms with Crippen LogP contribution in [0.2, 0.25) is 0 Å². The molecule has 0 bridgehead atoms. The fraction of sp³-hybridized carbons (Fsp3) is 0.857. The first kappa shape index (κ1) is 6.59. The van der Waals surface area contributed by atoms with E-state index in [0.29, 0.717) is 12.3 Å². The van der Waals surface area contributed by atoms with Gasteiger partial charge in [-0.2, -0.15) is 0 Å². The van der Waals surface area contributed by atoms with E-state index in [1.807, 2.05) is 6.92 Å². The van der Waals surface area contributed by atoms with Crippen LogP contribution < -0.4 is 0 Å². The van der Waals surface area contributed by atoms with Crippen LogP contribution in [0, 0.1) is 5.92 Å². The molecule has 1 fully saturated rings. The van der Waals surface area contributed by atoms with Gasteiger partial charge >= 0.3 is 5.97 Å². The first-order valence-corrected chi connectivity index (χ1v) is 3.38. The second-order valence-electron chi connectivity index (χ2n) is 2.85. The Morgan fingerprint density at radius 3 is 2.67 bits per heavy atom.